The summed E-state index contributed by atoms with van der Waals surface area (Å²) in [4.78, 5) is 54.6. The lowest BCUT2D eigenvalue weighted by Crippen LogP contribution is -2.22. The molecule has 14 nitrogen and oxygen atoms in total. The lowest BCUT2D eigenvalue weighted by Gasteiger charge is -2.15. The Balaban J connectivity index is 0.000000157. The van der Waals surface area contributed by atoms with Crippen molar-refractivity contribution in [2.45, 2.75) is 89.9 Å². The van der Waals surface area contributed by atoms with Gasteiger partial charge in [-0.1, -0.05) is 25.6 Å². The number of aromatic amines is 2. The van der Waals surface area contributed by atoms with Crippen LogP contribution in [-0.4, -0.2) is 65.6 Å². The van der Waals surface area contributed by atoms with Gasteiger partial charge in [-0.25, -0.2) is 0 Å². The zero-order valence-corrected chi connectivity index (χ0v) is 35.7. The third-order valence-electron chi connectivity index (χ3n) is 12.2. The Morgan fingerprint density at radius 1 is 0.641 bits per heavy atom. The molecular weight excluding hydrogens is 819 g/mol. The van der Waals surface area contributed by atoms with Crippen LogP contribution in [0.5, 0.6) is 23.0 Å². The fourth-order valence-corrected chi connectivity index (χ4v) is 8.09. The van der Waals surface area contributed by atoms with Crippen molar-refractivity contribution in [2.24, 2.45) is 0 Å². The van der Waals surface area contributed by atoms with Gasteiger partial charge in [0.2, 0.25) is 13.6 Å². The summed E-state index contributed by atoms with van der Waals surface area (Å²) in [7, 11) is 0. The highest BCUT2D eigenvalue weighted by Crippen LogP contribution is 2.52. The molecule has 0 bridgehead atoms. The van der Waals surface area contributed by atoms with E-state index in [1.54, 1.807) is 26.0 Å². The summed E-state index contributed by atoms with van der Waals surface area (Å²) >= 11 is 0. The van der Waals surface area contributed by atoms with E-state index in [1.807, 2.05) is 86.6 Å². The number of fused-ring (bicyclic) bond motifs is 4. The monoisotopic (exact) mass is 873 g/mol. The number of ketones is 1. The van der Waals surface area contributed by atoms with Gasteiger partial charge in [0, 0.05) is 39.9 Å². The van der Waals surface area contributed by atoms with Gasteiger partial charge < -0.3 is 49.2 Å². The first-order valence-corrected chi connectivity index (χ1v) is 21.2. The molecule has 2 atom stereocenters. The SMILES string of the molecule is C.CCOC(=O)C(C)c1cc2cc(CC(=O)C3(c4ccc5c(c4)OCO5)CC3)ccc2[nH]1.CCOC(=O)C(C)c1cc2cc(N)ccc2[nH]1.O=C(O)C1(c2ccc3c(c2)OCO3)CC1. The van der Waals surface area contributed by atoms with Gasteiger partial charge in [-0.05, 0) is 142 Å². The van der Waals surface area contributed by atoms with Gasteiger partial charge in [-0.3, -0.25) is 19.2 Å². The average Bonchev–Trinajstić information content (AvgIpc) is 3.99. The molecule has 0 spiro atoms. The molecule has 4 heterocycles. The Morgan fingerprint density at radius 3 is 1.59 bits per heavy atom. The van der Waals surface area contributed by atoms with Crippen molar-refractivity contribution in [3.63, 3.8) is 0 Å². The molecule has 2 aliphatic carbocycles. The minimum Gasteiger partial charge on any atom is -0.481 e. The molecular formula is C50H55N3O11. The standard InChI is InChI=1S/C25H25NO5.C13H16N2O2.C11H10O4.CH4/c1-3-29-24(28)15(2)20-12-17-10-16(4-6-19(17)26-20)11-23(27)25(8-9-25)18-5-7-21-22(13-18)31-14-30-21;1-3-17-13(16)8(2)12-7-9-6-10(14)4-5-11(9)15-12;12-10(13)11(3-4-11)7-1-2-8-9(5-7)15-6-14-8;/h4-7,10,12-13,15,26H,3,8-9,11,14H2,1-2H3;4-8,15H,3,14H2,1-2H3;1-2,5H,3-4,6H2,(H,12,13);1H4. The molecule has 6 aromatic rings. The largest absolute Gasteiger partial charge is 0.481 e. The summed E-state index contributed by atoms with van der Waals surface area (Å²) in [6.07, 6.45) is 3.51. The molecule has 0 saturated heterocycles. The Morgan fingerprint density at radius 2 is 1.11 bits per heavy atom. The predicted molar refractivity (Wildman–Crippen MR) is 241 cm³/mol. The smallest absolute Gasteiger partial charge is 0.314 e. The van der Waals surface area contributed by atoms with Crippen LogP contribution < -0.4 is 24.7 Å². The maximum atomic E-state index is 13.3. The second-order valence-corrected chi connectivity index (χ2v) is 16.4. The van der Waals surface area contributed by atoms with Crippen LogP contribution in [0.25, 0.3) is 21.8 Å². The molecule has 2 saturated carbocycles. The van der Waals surface area contributed by atoms with E-state index < -0.39 is 16.8 Å². The van der Waals surface area contributed by atoms with Crippen LogP contribution in [0.2, 0.25) is 0 Å². The first-order valence-electron chi connectivity index (χ1n) is 21.2. The minimum absolute atomic E-state index is 0. The van der Waals surface area contributed by atoms with Gasteiger partial charge in [0.1, 0.15) is 5.78 Å². The molecule has 0 amide bonds. The number of carbonyl (C=O) groups excluding carboxylic acids is 3. The van der Waals surface area contributed by atoms with E-state index in [9.17, 15) is 19.2 Å². The van der Waals surface area contributed by atoms with Crippen molar-refractivity contribution in [3.05, 3.63) is 113 Å². The van der Waals surface area contributed by atoms with Gasteiger partial charge in [-0.2, -0.15) is 0 Å². The fourth-order valence-electron chi connectivity index (χ4n) is 8.09. The number of anilines is 1. The molecule has 336 valence electrons. The number of H-pyrrole nitrogens is 2. The van der Waals surface area contributed by atoms with E-state index in [-0.39, 0.29) is 50.6 Å². The Kier molecular flexibility index (Phi) is 13.0. The van der Waals surface area contributed by atoms with Crippen LogP contribution in [0.15, 0.2) is 84.9 Å². The number of nitrogen functional groups attached to an aromatic ring is 1. The maximum absolute atomic E-state index is 13.3. The second-order valence-electron chi connectivity index (χ2n) is 16.4. The molecule has 64 heavy (non-hydrogen) atoms. The Hall–Kier alpha value is -6.96. The van der Waals surface area contributed by atoms with Crippen molar-refractivity contribution < 1.29 is 52.7 Å². The van der Waals surface area contributed by atoms with Crippen LogP contribution in [0.1, 0.15) is 101 Å². The number of benzene rings is 4. The zero-order chi connectivity index (χ0) is 44.5. The zero-order valence-electron chi connectivity index (χ0n) is 35.7. The first-order chi connectivity index (χ1) is 30.3. The summed E-state index contributed by atoms with van der Waals surface area (Å²) in [5, 5.41) is 11.1. The van der Waals surface area contributed by atoms with Crippen LogP contribution >= 0.6 is 0 Å². The van der Waals surface area contributed by atoms with Crippen molar-refractivity contribution in [2.75, 3.05) is 32.5 Å². The van der Waals surface area contributed by atoms with Gasteiger partial charge in [0.15, 0.2) is 23.0 Å². The second kappa shape index (κ2) is 18.4. The van der Waals surface area contributed by atoms with E-state index in [2.05, 4.69) is 9.97 Å². The number of carboxylic acids is 1. The lowest BCUT2D eigenvalue weighted by molar-refractivity contribution is -0.145. The molecule has 10 rings (SSSR count). The molecule has 2 aromatic heterocycles. The van der Waals surface area contributed by atoms with E-state index in [0.29, 0.717) is 55.4 Å². The van der Waals surface area contributed by atoms with Gasteiger partial charge >= 0.3 is 17.9 Å². The van der Waals surface area contributed by atoms with Gasteiger partial charge in [-0.15, -0.1) is 0 Å². The molecule has 5 N–H and O–H groups in total. The number of esters is 2. The number of rotatable bonds is 12. The average molecular weight is 874 g/mol. The van der Waals surface area contributed by atoms with Crippen molar-refractivity contribution >= 4 is 51.2 Å². The number of aliphatic carboxylic acids is 1. The van der Waals surface area contributed by atoms with Crippen LogP contribution in [0.3, 0.4) is 0 Å². The number of aromatic nitrogens is 2. The third kappa shape index (κ3) is 9.08. The topological polar surface area (TPSA) is 201 Å². The molecule has 2 aliphatic heterocycles. The molecule has 2 unspecified atom stereocenters. The summed E-state index contributed by atoms with van der Waals surface area (Å²) in [6, 6.07) is 26.7. The molecule has 14 heteroatoms. The van der Waals surface area contributed by atoms with E-state index >= 15 is 0 Å². The van der Waals surface area contributed by atoms with Gasteiger partial charge in [0.25, 0.3) is 0 Å². The predicted octanol–water partition coefficient (Wildman–Crippen LogP) is 8.99. The number of Topliss-reactive ketones (excluding diaryl/α,β-unsaturated/α-hetero) is 1. The van der Waals surface area contributed by atoms with Crippen molar-refractivity contribution in [1.82, 2.24) is 9.97 Å². The maximum Gasteiger partial charge on any atom is 0.314 e. The molecule has 4 aromatic carbocycles. The summed E-state index contributed by atoms with van der Waals surface area (Å²) in [5.41, 5.74) is 11.7. The molecule has 0 radical (unpaired) electrons. The number of carbonyl (C=O) groups is 4. The quantitative estimate of drug-likeness (QED) is 0.0673. The van der Waals surface area contributed by atoms with Crippen LogP contribution in [-0.2, 0) is 45.9 Å². The van der Waals surface area contributed by atoms with Crippen molar-refractivity contribution in [3.8, 4) is 23.0 Å². The van der Waals surface area contributed by atoms with Crippen LogP contribution in [0.4, 0.5) is 5.69 Å². The Bertz CT molecular complexity index is 2710. The molecule has 4 aliphatic rings. The number of nitrogens with one attached hydrogen (secondary N) is 2. The minimum atomic E-state index is -0.749. The third-order valence-corrected chi connectivity index (χ3v) is 12.2. The normalized spacial score (nSPS) is 16.2. The Labute approximate surface area is 371 Å². The number of hydrogen-bond donors (Lipinski definition) is 4. The highest BCUT2D eigenvalue weighted by atomic mass is 16.7. The summed E-state index contributed by atoms with van der Waals surface area (Å²) < 4.78 is 31.4. The number of ether oxygens (including phenoxy) is 6. The number of nitrogens with two attached hydrogens (primary N) is 1. The summed E-state index contributed by atoms with van der Waals surface area (Å²) in [6.45, 7) is 8.47. The fraction of sp³-hybridized carbons (Fsp3) is 0.360. The van der Waals surface area contributed by atoms with Crippen LogP contribution in [0, 0.1) is 0 Å². The number of carboxylic acid groups (broad SMARTS) is 1. The first kappa shape index (κ1) is 45.1. The van der Waals surface area contributed by atoms with E-state index in [0.717, 1.165) is 68.5 Å². The highest BCUT2D eigenvalue weighted by Gasteiger charge is 2.52. The van der Waals surface area contributed by atoms with Gasteiger partial charge in [0.05, 0.1) is 35.9 Å². The molecule has 2 fully saturated rings. The number of hydrogen-bond acceptors (Lipinski definition) is 11. The van der Waals surface area contributed by atoms with E-state index in [4.69, 9.17) is 39.3 Å². The van der Waals surface area contributed by atoms with Crippen molar-refractivity contribution in [1.29, 1.82) is 0 Å². The van der Waals surface area contributed by atoms with E-state index in [1.165, 1.54) is 0 Å². The highest BCUT2D eigenvalue weighted by molar-refractivity contribution is 5.96. The lowest BCUT2D eigenvalue weighted by atomic mass is 9.87. The summed E-state index contributed by atoms with van der Waals surface area (Å²) in [5.74, 6) is 1.16.